The fraction of sp³-hybridized carbons (Fsp3) is 0.562. The first-order valence-corrected chi connectivity index (χ1v) is 10.3. The van der Waals surface area contributed by atoms with Crippen molar-refractivity contribution < 1.29 is 8.42 Å². The van der Waals surface area contributed by atoms with E-state index < -0.39 is 10.0 Å². The fourth-order valence-corrected chi connectivity index (χ4v) is 2.88. The summed E-state index contributed by atoms with van der Waals surface area (Å²) in [5.41, 5.74) is 0.986. The van der Waals surface area contributed by atoms with Gasteiger partial charge in [0.05, 0.1) is 4.90 Å². The molecule has 2 N–H and O–H groups in total. The number of nitrogens with zero attached hydrogens (tertiary/aromatic N) is 2. The van der Waals surface area contributed by atoms with Crippen molar-refractivity contribution in [1.82, 2.24) is 14.9 Å². The highest BCUT2D eigenvalue weighted by molar-refractivity contribution is 14.0. The van der Waals surface area contributed by atoms with Crippen molar-refractivity contribution >= 4 is 51.7 Å². The maximum atomic E-state index is 12.0. The van der Waals surface area contributed by atoms with E-state index in [2.05, 4.69) is 35.7 Å². The standard InChI is InChI=1S/C16H28N4O2S2.HI/c1-16(2,23-6)12-19-15(17-3)18-11-13-7-9-14(10-8-13)24(21,22)20(4)5;/h7-10H,11-12H2,1-6H3,(H2,17,18,19);1H. The van der Waals surface area contributed by atoms with Gasteiger partial charge in [-0.3, -0.25) is 4.99 Å². The van der Waals surface area contributed by atoms with Crippen molar-refractivity contribution in [3.63, 3.8) is 0 Å². The normalized spacial score (nSPS) is 12.7. The van der Waals surface area contributed by atoms with Crippen molar-refractivity contribution in [2.75, 3.05) is 33.9 Å². The van der Waals surface area contributed by atoms with Gasteiger partial charge in [-0.05, 0) is 37.8 Å². The van der Waals surface area contributed by atoms with Crippen LogP contribution in [0.4, 0.5) is 0 Å². The molecule has 1 rings (SSSR count). The third kappa shape index (κ3) is 7.71. The van der Waals surface area contributed by atoms with Gasteiger partial charge < -0.3 is 10.6 Å². The van der Waals surface area contributed by atoms with Crippen LogP contribution >= 0.6 is 35.7 Å². The van der Waals surface area contributed by atoms with Crippen LogP contribution in [0, 0.1) is 0 Å². The number of rotatable bonds is 7. The third-order valence-electron chi connectivity index (χ3n) is 3.62. The van der Waals surface area contributed by atoms with Crippen molar-refractivity contribution in [2.24, 2.45) is 4.99 Å². The molecule has 0 radical (unpaired) electrons. The second kappa shape index (κ2) is 10.6. The summed E-state index contributed by atoms with van der Waals surface area (Å²) in [6, 6.07) is 6.86. The molecule has 1 aromatic rings. The molecule has 0 unspecified atom stereocenters. The lowest BCUT2D eigenvalue weighted by molar-refractivity contribution is 0.520. The van der Waals surface area contributed by atoms with E-state index >= 15 is 0 Å². The number of aliphatic imine (C=N–C) groups is 1. The molecule has 0 spiro atoms. The fourth-order valence-electron chi connectivity index (χ4n) is 1.77. The van der Waals surface area contributed by atoms with Crippen molar-refractivity contribution in [3.8, 4) is 0 Å². The van der Waals surface area contributed by atoms with Crippen LogP contribution in [-0.2, 0) is 16.6 Å². The Hall–Kier alpha value is -0.520. The Kier molecular flexibility index (Phi) is 10.4. The van der Waals surface area contributed by atoms with Gasteiger partial charge in [0, 0.05) is 39.0 Å². The summed E-state index contributed by atoms with van der Waals surface area (Å²) in [6.45, 7) is 5.71. The Balaban J connectivity index is 0.00000576. The predicted octanol–water partition coefficient (Wildman–Crippen LogP) is 2.36. The molecule has 0 saturated heterocycles. The number of thioether (sulfide) groups is 1. The maximum Gasteiger partial charge on any atom is 0.242 e. The third-order valence-corrected chi connectivity index (χ3v) is 6.70. The van der Waals surface area contributed by atoms with E-state index in [0.29, 0.717) is 11.4 Å². The molecule has 0 fully saturated rings. The number of hydrogen-bond donors (Lipinski definition) is 2. The summed E-state index contributed by atoms with van der Waals surface area (Å²) < 4.78 is 25.4. The Morgan fingerprint density at radius 3 is 2.20 bits per heavy atom. The minimum absolute atomic E-state index is 0. The molecule has 0 aliphatic carbocycles. The quantitative estimate of drug-likeness (QED) is 0.342. The second-order valence-electron chi connectivity index (χ2n) is 6.17. The van der Waals surface area contributed by atoms with E-state index in [-0.39, 0.29) is 28.7 Å². The molecule has 0 atom stereocenters. The van der Waals surface area contributed by atoms with Crippen molar-refractivity contribution in [3.05, 3.63) is 29.8 Å². The topological polar surface area (TPSA) is 73.8 Å². The Morgan fingerprint density at radius 1 is 1.20 bits per heavy atom. The molecule has 0 aliphatic rings. The summed E-state index contributed by atoms with van der Waals surface area (Å²) in [7, 11) is 1.40. The van der Waals surface area contributed by atoms with E-state index in [1.54, 1.807) is 30.9 Å². The summed E-state index contributed by atoms with van der Waals surface area (Å²) in [5.74, 6) is 0.724. The number of guanidine groups is 1. The lowest BCUT2D eigenvalue weighted by atomic mass is 10.2. The molecule has 0 heterocycles. The molecule has 0 aromatic heterocycles. The minimum atomic E-state index is -3.38. The Bertz CT molecular complexity index is 659. The summed E-state index contributed by atoms with van der Waals surface area (Å²) >= 11 is 1.79. The highest BCUT2D eigenvalue weighted by atomic mass is 127. The smallest absolute Gasteiger partial charge is 0.242 e. The first-order valence-electron chi connectivity index (χ1n) is 7.63. The average Bonchev–Trinajstić information content (AvgIpc) is 2.55. The van der Waals surface area contributed by atoms with Crippen LogP contribution in [0.3, 0.4) is 0 Å². The molecule has 144 valence electrons. The number of benzene rings is 1. The molecule has 0 amide bonds. The van der Waals surface area contributed by atoms with Crippen LogP contribution < -0.4 is 10.6 Å². The van der Waals surface area contributed by atoms with Crippen LogP contribution in [0.5, 0.6) is 0 Å². The zero-order chi connectivity index (χ0) is 18.4. The zero-order valence-electron chi connectivity index (χ0n) is 15.7. The molecule has 9 heteroatoms. The first kappa shape index (κ1) is 24.5. The van der Waals surface area contributed by atoms with Gasteiger partial charge in [0.25, 0.3) is 0 Å². The summed E-state index contributed by atoms with van der Waals surface area (Å²) in [4.78, 5) is 4.50. The van der Waals surface area contributed by atoms with Crippen molar-refractivity contribution in [2.45, 2.75) is 30.0 Å². The Morgan fingerprint density at radius 2 is 1.76 bits per heavy atom. The van der Waals surface area contributed by atoms with Gasteiger partial charge in [0.1, 0.15) is 0 Å². The van der Waals surface area contributed by atoms with Crippen LogP contribution in [-0.4, -0.2) is 57.4 Å². The highest BCUT2D eigenvalue weighted by Gasteiger charge is 2.17. The molecule has 0 bridgehead atoms. The molecule has 6 nitrogen and oxygen atoms in total. The van der Waals surface area contributed by atoms with Crippen LogP contribution in [0.15, 0.2) is 34.2 Å². The number of sulfonamides is 1. The first-order chi connectivity index (χ1) is 11.1. The number of hydrogen-bond acceptors (Lipinski definition) is 4. The van der Waals surface area contributed by atoms with Crippen LogP contribution in [0.2, 0.25) is 0 Å². The SMILES string of the molecule is CN=C(NCc1ccc(S(=O)(=O)N(C)C)cc1)NCC(C)(C)SC.I. The molecular weight excluding hydrogens is 471 g/mol. The van der Waals surface area contributed by atoms with Gasteiger partial charge in [0.15, 0.2) is 5.96 Å². The Labute approximate surface area is 173 Å². The molecule has 1 aromatic carbocycles. The van der Waals surface area contributed by atoms with E-state index in [1.165, 1.54) is 18.4 Å². The largest absolute Gasteiger partial charge is 0.355 e. The van der Waals surface area contributed by atoms with E-state index in [0.717, 1.165) is 18.1 Å². The average molecular weight is 500 g/mol. The van der Waals surface area contributed by atoms with Gasteiger partial charge in [-0.1, -0.05) is 12.1 Å². The zero-order valence-corrected chi connectivity index (χ0v) is 19.6. The van der Waals surface area contributed by atoms with Gasteiger partial charge in [0.2, 0.25) is 10.0 Å². The number of nitrogens with one attached hydrogen (secondary N) is 2. The minimum Gasteiger partial charge on any atom is -0.355 e. The molecule has 0 aliphatic heterocycles. The maximum absolute atomic E-state index is 12.0. The van der Waals surface area contributed by atoms with E-state index in [9.17, 15) is 8.42 Å². The molecule has 0 saturated carbocycles. The lowest BCUT2D eigenvalue weighted by Gasteiger charge is -2.23. The van der Waals surface area contributed by atoms with Crippen LogP contribution in [0.1, 0.15) is 19.4 Å². The summed E-state index contributed by atoms with van der Waals surface area (Å²) in [5, 5.41) is 6.53. The summed E-state index contributed by atoms with van der Waals surface area (Å²) in [6.07, 6.45) is 2.08. The van der Waals surface area contributed by atoms with Gasteiger partial charge in [-0.25, -0.2) is 12.7 Å². The van der Waals surface area contributed by atoms with E-state index in [1.807, 2.05) is 12.1 Å². The van der Waals surface area contributed by atoms with Gasteiger partial charge in [-0.2, -0.15) is 11.8 Å². The number of halogens is 1. The second-order valence-corrected chi connectivity index (χ2v) is 9.84. The highest BCUT2D eigenvalue weighted by Crippen LogP contribution is 2.19. The van der Waals surface area contributed by atoms with Gasteiger partial charge in [-0.15, -0.1) is 24.0 Å². The van der Waals surface area contributed by atoms with Crippen molar-refractivity contribution in [1.29, 1.82) is 0 Å². The van der Waals surface area contributed by atoms with Crippen LogP contribution in [0.25, 0.3) is 0 Å². The molecular formula is C16H29IN4O2S2. The predicted molar refractivity (Wildman–Crippen MR) is 119 cm³/mol. The lowest BCUT2D eigenvalue weighted by Crippen LogP contribution is -2.42. The molecule has 25 heavy (non-hydrogen) atoms. The van der Waals surface area contributed by atoms with E-state index in [4.69, 9.17) is 0 Å². The van der Waals surface area contributed by atoms with Gasteiger partial charge >= 0.3 is 0 Å². The monoisotopic (exact) mass is 500 g/mol.